The number of anilines is 3. The maximum absolute atomic E-state index is 13.5. The van der Waals surface area contributed by atoms with Crippen molar-refractivity contribution in [3.63, 3.8) is 0 Å². The first-order valence-corrected chi connectivity index (χ1v) is 12.7. The molecule has 1 aromatic carbocycles. The molecule has 0 spiro atoms. The van der Waals surface area contributed by atoms with Gasteiger partial charge in [0, 0.05) is 58.6 Å². The number of nitrogens with zero attached hydrogens (tertiary/aromatic N) is 4. The van der Waals surface area contributed by atoms with E-state index >= 15 is 0 Å². The van der Waals surface area contributed by atoms with Crippen LogP contribution in [-0.4, -0.2) is 92.6 Å². The quantitative estimate of drug-likeness (QED) is 0.180. The average molecular weight is 540 g/mol. The summed E-state index contributed by atoms with van der Waals surface area (Å²) in [5, 5.41) is 9.06. The summed E-state index contributed by atoms with van der Waals surface area (Å²) in [6, 6.07) is 6.06. The molecular formula is C28H38FN7O3. The Morgan fingerprint density at radius 2 is 2.00 bits per heavy atom. The van der Waals surface area contributed by atoms with Crippen LogP contribution in [-0.2, 0) is 14.3 Å². The number of nitrogens with one attached hydrogen (secondary N) is 3. The number of hydrogen-bond acceptors (Lipinski definition) is 8. The number of rotatable bonds is 15. The summed E-state index contributed by atoms with van der Waals surface area (Å²) in [7, 11) is 7.06. The van der Waals surface area contributed by atoms with Gasteiger partial charge in [0.25, 0.3) is 0 Å². The summed E-state index contributed by atoms with van der Waals surface area (Å²) in [6.45, 7) is 2.33. The van der Waals surface area contributed by atoms with Crippen molar-refractivity contribution in [3.05, 3.63) is 54.0 Å². The maximum atomic E-state index is 13.5. The van der Waals surface area contributed by atoms with Gasteiger partial charge in [-0.05, 0) is 45.1 Å². The van der Waals surface area contributed by atoms with Crippen LogP contribution in [0.2, 0.25) is 0 Å². The van der Waals surface area contributed by atoms with Crippen molar-refractivity contribution in [3.8, 4) is 11.8 Å². The lowest BCUT2D eigenvalue weighted by atomic mass is 10.2. The molecule has 39 heavy (non-hydrogen) atoms. The Balaban J connectivity index is 1.87. The second kappa shape index (κ2) is 17.5. The smallest absolute Gasteiger partial charge is 0.246 e. The first kappa shape index (κ1) is 31.2. The number of likely N-dealkylation sites (N-methyl/N-ethyl adjacent to an activating group) is 2. The van der Waals surface area contributed by atoms with Crippen molar-refractivity contribution in [2.75, 3.05) is 71.7 Å². The molecule has 2 amide bonds. The molecule has 1 heterocycles. The van der Waals surface area contributed by atoms with Gasteiger partial charge in [-0.3, -0.25) is 9.59 Å². The van der Waals surface area contributed by atoms with Gasteiger partial charge in [-0.2, -0.15) is 4.98 Å². The van der Waals surface area contributed by atoms with Crippen molar-refractivity contribution in [2.45, 2.75) is 19.3 Å². The van der Waals surface area contributed by atoms with Gasteiger partial charge in [-0.1, -0.05) is 24.0 Å². The van der Waals surface area contributed by atoms with Gasteiger partial charge >= 0.3 is 0 Å². The van der Waals surface area contributed by atoms with Crippen LogP contribution in [0.25, 0.3) is 0 Å². The summed E-state index contributed by atoms with van der Waals surface area (Å²) < 4.78 is 18.6. The van der Waals surface area contributed by atoms with Crippen LogP contribution in [0.1, 0.15) is 24.8 Å². The van der Waals surface area contributed by atoms with Gasteiger partial charge in [0.2, 0.25) is 17.8 Å². The molecule has 0 aliphatic heterocycles. The Hall–Kier alpha value is -4.01. The fourth-order valence-corrected chi connectivity index (χ4v) is 3.19. The normalized spacial score (nSPS) is 10.7. The Morgan fingerprint density at radius 1 is 1.18 bits per heavy atom. The van der Waals surface area contributed by atoms with Gasteiger partial charge in [-0.15, -0.1) is 0 Å². The molecular weight excluding hydrogens is 501 g/mol. The summed E-state index contributed by atoms with van der Waals surface area (Å²) in [6.07, 6.45) is 6.83. The first-order chi connectivity index (χ1) is 18.8. The number of carbonyl (C=O) groups is 2. The fraction of sp³-hybridized carbons (Fsp3) is 0.429. The Labute approximate surface area is 230 Å². The second-order valence-electron chi connectivity index (χ2n) is 8.98. The van der Waals surface area contributed by atoms with Crippen LogP contribution in [0.4, 0.5) is 21.8 Å². The molecule has 0 saturated carbocycles. The van der Waals surface area contributed by atoms with Gasteiger partial charge in [0.05, 0.1) is 18.3 Å². The van der Waals surface area contributed by atoms with E-state index in [0.717, 1.165) is 6.42 Å². The minimum absolute atomic E-state index is 0.0116. The van der Waals surface area contributed by atoms with Gasteiger partial charge in [0.1, 0.15) is 11.6 Å². The van der Waals surface area contributed by atoms with E-state index < -0.39 is 0 Å². The SMILES string of the molecule is COCCCNc1nc(Nc2cccc(F)c2)ncc1C#CCCCNC(=O)CN(C)C(=O)/C=C/CN(C)C. The third kappa shape index (κ3) is 12.9. The summed E-state index contributed by atoms with van der Waals surface area (Å²) in [5.41, 5.74) is 1.17. The third-order valence-corrected chi connectivity index (χ3v) is 5.20. The molecule has 210 valence electrons. The molecule has 3 N–H and O–H groups in total. The standard InChI is InChI=1S/C28H38FN7O3/c1-35(2)17-9-14-26(38)36(3)21-25(37)30-15-7-5-6-11-22-20-32-28(33-24-13-8-12-23(29)19-24)34-27(22)31-16-10-18-39-4/h8-9,12-14,19-20H,5,7,10,15-18,21H2,1-4H3,(H,30,37)(H2,31,32,33,34)/b14-9+. The fourth-order valence-electron chi connectivity index (χ4n) is 3.19. The molecule has 2 aromatic rings. The number of benzene rings is 1. The van der Waals surface area contributed by atoms with E-state index in [0.29, 0.717) is 62.1 Å². The average Bonchev–Trinajstić information content (AvgIpc) is 2.89. The lowest BCUT2D eigenvalue weighted by Crippen LogP contribution is -2.38. The highest BCUT2D eigenvalue weighted by atomic mass is 19.1. The van der Waals surface area contributed by atoms with E-state index in [-0.39, 0.29) is 24.2 Å². The van der Waals surface area contributed by atoms with E-state index in [1.807, 2.05) is 19.0 Å². The number of aromatic nitrogens is 2. The molecule has 0 fully saturated rings. The summed E-state index contributed by atoms with van der Waals surface area (Å²) in [4.78, 5) is 36.3. The summed E-state index contributed by atoms with van der Waals surface area (Å²) >= 11 is 0. The molecule has 2 rings (SSSR count). The zero-order chi connectivity index (χ0) is 28.5. The largest absolute Gasteiger partial charge is 0.385 e. The molecule has 0 bridgehead atoms. The molecule has 0 saturated heterocycles. The predicted molar refractivity (Wildman–Crippen MR) is 151 cm³/mol. The zero-order valence-electron chi connectivity index (χ0n) is 23.1. The lowest BCUT2D eigenvalue weighted by molar-refractivity contribution is -0.131. The van der Waals surface area contributed by atoms with Gasteiger partial charge in [-0.25, -0.2) is 9.37 Å². The lowest BCUT2D eigenvalue weighted by Gasteiger charge is -2.14. The highest BCUT2D eigenvalue weighted by molar-refractivity contribution is 5.91. The summed E-state index contributed by atoms with van der Waals surface area (Å²) in [5.74, 6) is 6.26. The third-order valence-electron chi connectivity index (χ3n) is 5.20. The van der Waals surface area contributed by atoms with Gasteiger partial charge in [0.15, 0.2) is 0 Å². The van der Waals surface area contributed by atoms with E-state index in [4.69, 9.17) is 4.74 Å². The monoisotopic (exact) mass is 539 g/mol. The molecule has 0 atom stereocenters. The minimum Gasteiger partial charge on any atom is -0.385 e. The number of unbranched alkanes of at least 4 members (excludes halogenated alkanes) is 1. The number of ether oxygens (including phenoxy) is 1. The molecule has 1 aromatic heterocycles. The van der Waals surface area contributed by atoms with E-state index in [1.165, 1.54) is 23.1 Å². The van der Waals surface area contributed by atoms with Crippen LogP contribution in [0.5, 0.6) is 0 Å². The minimum atomic E-state index is -0.357. The van der Waals surface area contributed by atoms with E-state index in [1.54, 1.807) is 38.6 Å². The molecule has 0 aliphatic rings. The van der Waals surface area contributed by atoms with E-state index in [2.05, 4.69) is 37.8 Å². The van der Waals surface area contributed by atoms with Crippen molar-refractivity contribution in [2.24, 2.45) is 0 Å². The molecule has 11 heteroatoms. The number of amides is 2. The van der Waals surface area contributed by atoms with Crippen LogP contribution >= 0.6 is 0 Å². The van der Waals surface area contributed by atoms with Crippen molar-refractivity contribution < 1.29 is 18.7 Å². The van der Waals surface area contributed by atoms with E-state index in [9.17, 15) is 14.0 Å². The van der Waals surface area contributed by atoms with Crippen molar-refractivity contribution in [1.82, 2.24) is 25.1 Å². The second-order valence-corrected chi connectivity index (χ2v) is 8.98. The molecule has 0 unspecified atom stereocenters. The molecule has 10 nitrogen and oxygen atoms in total. The number of hydrogen-bond donors (Lipinski definition) is 3. The predicted octanol–water partition coefficient (Wildman–Crippen LogP) is 2.63. The number of halogens is 1. The van der Waals surface area contributed by atoms with Crippen molar-refractivity contribution in [1.29, 1.82) is 0 Å². The van der Waals surface area contributed by atoms with Crippen LogP contribution in [0.15, 0.2) is 42.6 Å². The molecule has 0 aliphatic carbocycles. The molecule has 0 radical (unpaired) electrons. The van der Waals surface area contributed by atoms with Gasteiger partial charge < -0.3 is 30.5 Å². The van der Waals surface area contributed by atoms with Crippen molar-refractivity contribution >= 4 is 29.3 Å². The Bertz CT molecular complexity index is 1160. The first-order valence-electron chi connectivity index (χ1n) is 12.7. The Morgan fingerprint density at radius 3 is 2.74 bits per heavy atom. The van der Waals surface area contributed by atoms with Crippen LogP contribution in [0.3, 0.4) is 0 Å². The number of carbonyl (C=O) groups excluding carboxylic acids is 2. The van der Waals surface area contributed by atoms with Crippen LogP contribution < -0.4 is 16.0 Å². The number of methoxy groups -OCH3 is 1. The Kier molecular flexibility index (Phi) is 14.0. The van der Waals surface area contributed by atoms with Crippen LogP contribution in [0, 0.1) is 17.7 Å². The maximum Gasteiger partial charge on any atom is 0.246 e. The zero-order valence-corrected chi connectivity index (χ0v) is 23.1. The highest BCUT2D eigenvalue weighted by Gasteiger charge is 2.10. The highest BCUT2D eigenvalue weighted by Crippen LogP contribution is 2.18. The topological polar surface area (TPSA) is 112 Å².